The standard InChI is InChI=1S/C23H18Cl2N2O3/c1-12-18(15-5-3-4-6-17(15)27(12)26)19-21(25)22(28)16(20(24)23(19)29)11-13-7-9-14(30-2)10-8-13/h3-10H,11,26H2,1-2H3. The molecule has 152 valence electrons. The lowest BCUT2D eigenvalue weighted by molar-refractivity contribution is -0.114. The van der Waals surface area contributed by atoms with Crippen molar-refractivity contribution in [1.29, 1.82) is 0 Å². The van der Waals surface area contributed by atoms with Crippen molar-refractivity contribution in [1.82, 2.24) is 4.68 Å². The predicted octanol–water partition coefficient (Wildman–Crippen LogP) is 4.51. The Balaban J connectivity index is 1.80. The zero-order valence-electron chi connectivity index (χ0n) is 16.3. The van der Waals surface area contributed by atoms with Gasteiger partial charge >= 0.3 is 0 Å². The summed E-state index contributed by atoms with van der Waals surface area (Å²) in [7, 11) is 1.57. The molecule has 0 aliphatic heterocycles. The highest BCUT2D eigenvalue weighted by atomic mass is 35.5. The van der Waals surface area contributed by atoms with Gasteiger partial charge in [-0.2, -0.15) is 0 Å². The van der Waals surface area contributed by atoms with E-state index in [0.29, 0.717) is 17.0 Å². The van der Waals surface area contributed by atoms with E-state index < -0.39 is 11.6 Å². The fourth-order valence-corrected chi connectivity index (χ4v) is 4.27. The summed E-state index contributed by atoms with van der Waals surface area (Å²) in [5.74, 6) is 5.91. The summed E-state index contributed by atoms with van der Waals surface area (Å²) in [5, 5.41) is 0.464. The summed E-state index contributed by atoms with van der Waals surface area (Å²) in [6, 6.07) is 14.5. The van der Waals surface area contributed by atoms with Crippen molar-refractivity contribution in [3.63, 3.8) is 0 Å². The number of benzene rings is 2. The molecule has 0 saturated carbocycles. The topological polar surface area (TPSA) is 74.3 Å². The van der Waals surface area contributed by atoms with Crippen molar-refractivity contribution < 1.29 is 14.3 Å². The van der Waals surface area contributed by atoms with Crippen LogP contribution >= 0.6 is 23.2 Å². The van der Waals surface area contributed by atoms with Crippen LogP contribution in [-0.2, 0) is 16.0 Å². The van der Waals surface area contributed by atoms with Gasteiger partial charge in [0.1, 0.15) is 10.8 Å². The molecule has 0 radical (unpaired) electrons. The first-order valence-corrected chi connectivity index (χ1v) is 9.97. The van der Waals surface area contributed by atoms with E-state index in [4.69, 9.17) is 33.8 Å². The smallest absolute Gasteiger partial charge is 0.207 e. The molecule has 3 aromatic rings. The van der Waals surface area contributed by atoms with Gasteiger partial charge in [0, 0.05) is 28.6 Å². The van der Waals surface area contributed by atoms with E-state index in [9.17, 15) is 9.59 Å². The van der Waals surface area contributed by atoms with Crippen molar-refractivity contribution in [3.8, 4) is 5.75 Å². The van der Waals surface area contributed by atoms with Gasteiger partial charge in [0.25, 0.3) is 0 Å². The highest BCUT2D eigenvalue weighted by Gasteiger charge is 2.36. The second-order valence-electron chi connectivity index (χ2n) is 7.01. The molecule has 30 heavy (non-hydrogen) atoms. The van der Waals surface area contributed by atoms with Gasteiger partial charge in [-0.1, -0.05) is 53.5 Å². The first-order chi connectivity index (χ1) is 14.3. The van der Waals surface area contributed by atoms with Crippen molar-refractivity contribution >= 4 is 51.2 Å². The normalized spacial score (nSPS) is 14.8. The van der Waals surface area contributed by atoms with Crippen LogP contribution in [0.3, 0.4) is 0 Å². The average molecular weight is 441 g/mol. The number of nitrogens with two attached hydrogens (primary N) is 1. The lowest BCUT2D eigenvalue weighted by Crippen LogP contribution is -2.21. The van der Waals surface area contributed by atoms with Gasteiger partial charge in [0.05, 0.1) is 23.2 Å². The number of para-hydroxylation sites is 1. The van der Waals surface area contributed by atoms with Crippen LogP contribution in [-0.4, -0.2) is 23.4 Å². The van der Waals surface area contributed by atoms with Gasteiger partial charge in [0.2, 0.25) is 11.6 Å². The minimum atomic E-state index is -0.482. The summed E-state index contributed by atoms with van der Waals surface area (Å²) >= 11 is 12.9. The average Bonchev–Trinajstić information content (AvgIpc) is 3.01. The minimum Gasteiger partial charge on any atom is -0.497 e. The van der Waals surface area contributed by atoms with E-state index in [2.05, 4.69) is 0 Å². The molecule has 0 atom stereocenters. The Morgan fingerprint density at radius 3 is 2.30 bits per heavy atom. The second-order valence-corrected chi connectivity index (χ2v) is 7.77. The number of nitrogen functional groups attached to an aromatic ring is 1. The first-order valence-electron chi connectivity index (χ1n) is 9.21. The van der Waals surface area contributed by atoms with E-state index in [0.717, 1.165) is 16.5 Å². The van der Waals surface area contributed by atoms with E-state index in [-0.39, 0.29) is 27.6 Å². The van der Waals surface area contributed by atoms with Crippen molar-refractivity contribution in [3.05, 3.63) is 81.0 Å². The van der Waals surface area contributed by atoms with Crippen molar-refractivity contribution in [2.75, 3.05) is 13.0 Å². The zero-order valence-corrected chi connectivity index (χ0v) is 17.8. The molecule has 4 rings (SSSR count). The third-order valence-electron chi connectivity index (χ3n) is 5.33. The number of nitrogens with zero attached hydrogens (tertiary/aromatic N) is 1. The maximum atomic E-state index is 13.2. The van der Waals surface area contributed by atoms with Gasteiger partial charge in [-0.15, -0.1) is 0 Å². The Morgan fingerprint density at radius 2 is 1.63 bits per heavy atom. The van der Waals surface area contributed by atoms with Gasteiger partial charge in [-0.3, -0.25) is 14.3 Å². The number of halogens is 2. The van der Waals surface area contributed by atoms with Crippen LogP contribution in [0.5, 0.6) is 5.75 Å². The highest BCUT2D eigenvalue weighted by molar-refractivity contribution is 6.63. The van der Waals surface area contributed by atoms with Crippen LogP contribution in [0.1, 0.15) is 16.8 Å². The number of carbonyl (C=O) groups excluding carboxylic acids is 2. The molecule has 0 unspecified atom stereocenters. The molecule has 1 aliphatic rings. The minimum absolute atomic E-state index is 0.0862. The number of hydrogen-bond donors (Lipinski definition) is 1. The maximum Gasteiger partial charge on any atom is 0.207 e. The number of Topliss-reactive ketones (excluding diaryl/α,β-unsaturated/α-hetero) is 2. The molecule has 2 aromatic carbocycles. The number of rotatable bonds is 4. The largest absolute Gasteiger partial charge is 0.497 e. The number of aromatic nitrogens is 1. The molecule has 0 saturated heterocycles. The van der Waals surface area contributed by atoms with E-state index >= 15 is 0 Å². The highest BCUT2D eigenvalue weighted by Crippen LogP contribution is 2.40. The molecule has 0 bridgehead atoms. The van der Waals surface area contributed by atoms with Crippen LogP contribution in [0.25, 0.3) is 16.5 Å². The third-order valence-corrected chi connectivity index (χ3v) is 6.09. The molecular weight excluding hydrogens is 423 g/mol. The van der Waals surface area contributed by atoms with Gasteiger partial charge in [-0.05, 0) is 30.7 Å². The van der Waals surface area contributed by atoms with Gasteiger partial charge < -0.3 is 10.6 Å². The summed E-state index contributed by atoms with van der Waals surface area (Å²) < 4.78 is 6.62. The molecule has 0 spiro atoms. The molecule has 7 heteroatoms. The van der Waals surface area contributed by atoms with Gasteiger partial charge in [0.15, 0.2) is 0 Å². The summed E-state index contributed by atoms with van der Waals surface area (Å²) in [4.78, 5) is 26.3. The van der Waals surface area contributed by atoms with E-state index in [1.54, 1.807) is 26.2 Å². The van der Waals surface area contributed by atoms with Crippen LogP contribution < -0.4 is 10.6 Å². The fraction of sp³-hybridized carbons (Fsp3) is 0.130. The Kier molecular flexibility index (Phi) is 5.18. The summed E-state index contributed by atoms with van der Waals surface area (Å²) in [6.07, 6.45) is 0.189. The molecule has 1 aliphatic carbocycles. The molecule has 0 amide bonds. The lowest BCUT2D eigenvalue weighted by Gasteiger charge is -2.19. The monoisotopic (exact) mass is 440 g/mol. The Bertz CT molecular complexity index is 1270. The van der Waals surface area contributed by atoms with Crippen LogP contribution in [0.2, 0.25) is 0 Å². The van der Waals surface area contributed by atoms with E-state index in [1.807, 2.05) is 36.4 Å². The van der Waals surface area contributed by atoms with Crippen LogP contribution in [0.15, 0.2) is 64.2 Å². The van der Waals surface area contributed by atoms with E-state index in [1.165, 1.54) is 4.68 Å². The summed E-state index contributed by atoms with van der Waals surface area (Å²) in [5.41, 5.74) is 2.95. The van der Waals surface area contributed by atoms with Crippen LogP contribution in [0.4, 0.5) is 0 Å². The second kappa shape index (κ2) is 7.67. The number of fused-ring (bicyclic) bond motifs is 1. The third kappa shape index (κ3) is 3.11. The molecular formula is C23H18Cl2N2O3. The number of hydrogen-bond acceptors (Lipinski definition) is 4. The first kappa shape index (κ1) is 20.3. The SMILES string of the molecule is COc1ccc(CC2=C(Cl)C(=O)C(c3c(C)n(N)c4ccccc34)=C(Cl)C2=O)cc1. The zero-order chi connectivity index (χ0) is 21.6. The quantitative estimate of drug-likeness (QED) is 0.478. The maximum absolute atomic E-state index is 13.2. The number of carbonyl (C=O) groups is 2. The lowest BCUT2D eigenvalue weighted by atomic mass is 9.88. The van der Waals surface area contributed by atoms with Gasteiger partial charge in [-0.25, -0.2) is 0 Å². The number of allylic oxidation sites excluding steroid dienone is 4. The Morgan fingerprint density at radius 1 is 0.967 bits per heavy atom. The fourth-order valence-electron chi connectivity index (χ4n) is 3.73. The van der Waals surface area contributed by atoms with Crippen molar-refractivity contribution in [2.24, 2.45) is 0 Å². The Labute approximate surface area is 183 Å². The summed E-state index contributed by atoms with van der Waals surface area (Å²) in [6.45, 7) is 1.77. The predicted molar refractivity (Wildman–Crippen MR) is 119 cm³/mol. The number of ketones is 2. The molecule has 0 fully saturated rings. The molecule has 5 nitrogen and oxygen atoms in total. The van der Waals surface area contributed by atoms with Crippen molar-refractivity contribution in [2.45, 2.75) is 13.3 Å². The van der Waals surface area contributed by atoms with Crippen LogP contribution in [0, 0.1) is 6.92 Å². The Hall–Kier alpha value is -3.02. The molecule has 1 heterocycles. The number of ether oxygens (including phenoxy) is 1. The molecule has 2 N–H and O–H groups in total. The number of methoxy groups -OCH3 is 1. The molecule has 1 aromatic heterocycles.